The number of furan rings is 1. The monoisotopic (exact) mass is 342 g/mol. The highest BCUT2D eigenvalue weighted by Gasteiger charge is 2.19. The molecule has 6 heteroatoms. The number of hydrogen-bond acceptors (Lipinski definition) is 5. The maximum absolute atomic E-state index is 12.5. The second-order valence-corrected chi connectivity index (χ2v) is 6.30. The lowest BCUT2D eigenvalue weighted by molar-refractivity contribution is 0.0994. The molecule has 1 aromatic carbocycles. The third-order valence-electron chi connectivity index (χ3n) is 3.52. The highest BCUT2D eigenvalue weighted by molar-refractivity contribution is 7.07. The number of nitrogens with one attached hydrogen (secondary N) is 1. The zero-order chi connectivity index (χ0) is 16.9. The Labute approximate surface area is 144 Å². The average Bonchev–Trinajstić information content (AvgIpc) is 3.25. The fourth-order valence-corrected chi connectivity index (χ4v) is 2.84. The minimum atomic E-state index is -0.284. The van der Waals surface area contributed by atoms with Gasteiger partial charge in [0.05, 0.1) is 23.2 Å². The van der Waals surface area contributed by atoms with E-state index in [0.29, 0.717) is 23.8 Å². The van der Waals surface area contributed by atoms with Crippen LogP contribution < -0.4 is 10.1 Å². The van der Waals surface area contributed by atoms with E-state index >= 15 is 0 Å². The van der Waals surface area contributed by atoms with Crippen LogP contribution in [0.5, 0.6) is 5.75 Å². The van der Waals surface area contributed by atoms with E-state index in [1.165, 1.54) is 17.6 Å². The lowest BCUT2D eigenvalue weighted by atomic mass is 10.0. The molecule has 1 amide bonds. The predicted molar refractivity (Wildman–Crippen MR) is 93.6 cm³/mol. The van der Waals surface area contributed by atoms with Crippen molar-refractivity contribution in [3.8, 4) is 5.75 Å². The van der Waals surface area contributed by atoms with Gasteiger partial charge in [0, 0.05) is 10.9 Å². The summed E-state index contributed by atoms with van der Waals surface area (Å²) in [4.78, 5) is 16.7. The van der Waals surface area contributed by atoms with Crippen molar-refractivity contribution in [3.05, 3.63) is 64.5 Å². The zero-order valence-corrected chi connectivity index (χ0v) is 14.3. The first-order valence-electron chi connectivity index (χ1n) is 7.62. The predicted octanol–water partition coefficient (Wildman–Crippen LogP) is 4.69. The number of amides is 1. The van der Waals surface area contributed by atoms with Gasteiger partial charge in [-0.2, -0.15) is 0 Å². The van der Waals surface area contributed by atoms with Crippen LogP contribution in [0, 0.1) is 0 Å². The van der Waals surface area contributed by atoms with Crippen molar-refractivity contribution in [2.45, 2.75) is 26.4 Å². The molecule has 124 valence electrons. The van der Waals surface area contributed by atoms with Gasteiger partial charge < -0.3 is 14.5 Å². The third-order valence-corrected chi connectivity index (χ3v) is 4.15. The molecule has 0 radical (unpaired) electrons. The number of thiazole rings is 1. The normalized spacial score (nSPS) is 10.8. The minimum absolute atomic E-state index is 0.209. The summed E-state index contributed by atoms with van der Waals surface area (Å²) < 4.78 is 11.1. The van der Waals surface area contributed by atoms with Crippen LogP contribution in [0.4, 0.5) is 5.69 Å². The molecule has 0 fully saturated rings. The number of carbonyl (C=O) groups excluding carboxylic acids is 1. The smallest absolute Gasteiger partial charge is 0.291 e. The standard InChI is InChI=1S/C18H18N2O3S/c1-12(2)14-7-8-22-17(14)18(21)20-15-5-3-4-6-16(15)23-9-13-10-24-11-19-13/h3-8,10-12H,9H2,1-2H3,(H,20,21). The number of rotatable bonds is 6. The lowest BCUT2D eigenvalue weighted by Crippen LogP contribution is -2.14. The Bertz CT molecular complexity index is 809. The third kappa shape index (κ3) is 3.65. The molecule has 0 saturated carbocycles. The van der Waals surface area contributed by atoms with E-state index in [1.54, 1.807) is 11.6 Å². The number of aromatic nitrogens is 1. The molecular formula is C18H18N2O3S. The Morgan fingerprint density at radius 1 is 1.33 bits per heavy atom. The van der Waals surface area contributed by atoms with E-state index in [0.717, 1.165) is 11.3 Å². The van der Waals surface area contributed by atoms with Crippen molar-refractivity contribution < 1.29 is 13.9 Å². The summed E-state index contributed by atoms with van der Waals surface area (Å²) in [5.74, 6) is 0.852. The van der Waals surface area contributed by atoms with Gasteiger partial charge in [-0.15, -0.1) is 11.3 Å². The molecule has 0 aliphatic heterocycles. The first-order chi connectivity index (χ1) is 11.6. The van der Waals surface area contributed by atoms with E-state index in [2.05, 4.69) is 10.3 Å². The van der Waals surface area contributed by atoms with E-state index < -0.39 is 0 Å². The highest BCUT2D eigenvalue weighted by atomic mass is 32.1. The van der Waals surface area contributed by atoms with Crippen LogP contribution in [0.2, 0.25) is 0 Å². The molecule has 0 aliphatic carbocycles. The summed E-state index contributed by atoms with van der Waals surface area (Å²) in [6.07, 6.45) is 1.54. The van der Waals surface area contributed by atoms with Gasteiger partial charge in [0.2, 0.25) is 0 Å². The van der Waals surface area contributed by atoms with Crippen LogP contribution in [0.3, 0.4) is 0 Å². The molecule has 0 unspecified atom stereocenters. The maximum atomic E-state index is 12.5. The van der Waals surface area contributed by atoms with Crippen molar-refractivity contribution in [2.24, 2.45) is 0 Å². The SMILES string of the molecule is CC(C)c1ccoc1C(=O)Nc1ccccc1OCc1cscn1. The first kappa shape index (κ1) is 16.3. The molecule has 0 saturated heterocycles. The number of carbonyl (C=O) groups is 1. The van der Waals surface area contributed by atoms with Crippen molar-refractivity contribution in [1.29, 1.82) is 0 Å². The summed E-state index contributed by atoms with van der Waals surface area (Å²) in [5, 5.41) is 4.79. The van der Waals surface area contributed by atoms with Gasteiger partial charge in [-0.1, -0.05) is 26.0 Å². The highest BCUT2D eigenvalue weighted by Crippen LogP contribution is 2.27. The molecule has 24 heavy (non-hydrogen) atoms. The van der Waals surface area contributed by atoms with Gasteiger partial charge in [0.1, 0.15) is 12.4 Å². The molecule has 0 aliphatic rings. The van der Waals surface area contributed by atoms with Crippen molar-refractivity contribution in [2.75, 3.05) is 5.32 Å². The van der Waals surface area contributed by atoms with Crippen LogP contribution in [0.1, 0.15) is 41.6 Å². The molecule has 3 aromatic rings. The van der Waals surface area contributed by atoms with Crippen LogP contribution in [-0.4, -0.2) is 10.9 Å². The number of benzene rings is 1. The van der Waals surface area contributed by atoms with Crippen LogP contribution >= 0.6 is 11.3 Å². The quantitative estimate of drug-likeness (QED) is 0.706. The molecule has 0 spiro atoms. The molecule has 0 bridgehead atoms. The van der Waals surface area contributed by atoms with Gasteiger partial charge >= 0.3 is 0 Å². The van der Waals surface area contributed by atoms with Crippen LogP contribution in [0.25, 0.3) is 0 Å². The number of anilines is 1. The van der Waals surface area contributed by atoms with E-state index in [-0.39, 0.29) is 11.8 Å². The summed E-state index contributed by atoms with van der Waals surface area (Å²) in [6, 6.07) is 9.14. The van der Waals surface area contributed by atoms with Gasteiger partial charge in [-0.25, -0.2) is 4.98 Å². The number of ether oxygens (including phenoxy) is 1. The minimum Gasteiger partial charge on any atom is -0.485 e. The Kier molecular flexibility index (Phi) is 4.96. The van der Waals surface area contributed by atoms with Crippen LogP contribution in [-0.2, 0) is 6.61 Å². The van der Waals surface area contributed by atoms with Gasteiger partial charge in [0.25, 0.3) is 5.91 Å². The van der Waals surface area contributed by atoms with E-state index in [1.807, 2.05) is 43.5 Å². The maximum Gasteiger partial charge on any atom is 0.291 e. The van der Waals surface area contributed by atoms with Crippen LogP contribution in [0.15, 0.2) is 51.9 Å². The number of para-hydroxylation sites is 2. The van der Waals surface area contributed by atoms with Gasteiger partial charge in [-0.3, -0.25) is 4.79 Å². The topological polar surface area (TPSA) is 64.4 Å². The summed E-state index contributed by atoms with van der Waals surface area (Å²) in [5.41, 5.74) is 4.10. The fraction of sp³-hybridized carbons (Fsp3) is 0.222. The first-order valence-corrected chi connectivity index (χ1v) is 8.57. The molecule has 2 heterocycles. The van der Waals surface area contributed by atoms with Crippen molar-refractivity contribution >= 4 is 22.9 Å². The zero-order valence-electron chi connectivity index (χ0n) is 13.5. The molecule has 2 aromatic heterocycles. The lowest BCUT2D eigenvalue weighted by Gasteiger charge is -2.12. The second kappa shape index (κ2) is 7.31. The summed E-state index contributed by atoms with van der Waals surface area (Å²) in [6.45, 7) is 4.40. The Morgan fingerprint density at radius 2 is 2.17 bits per heavy atom. The summed E-state index contributed by atoms with van der Waals surface area (Å²) in [7, 11) is 0. The Balaban J connectivity index is 1.75. The Morgan fingerprint density at radius 3 is 2.92 bits per heavy atom. The molecule has 5 nitrogen and oxygen atoms in total. The van der Waals surface area contributed by atoms with Crippen molar-refractivity contribution in [1.82, 2.24) is 4.98 Å². The average molecular weight is 342 g/mol. The number of hydrogen-bond donors (Lipinski definition) is 1. The molecular weight excluding hydrogens is 324 g/mol. The number of nitrogens with zero attached hydrogens (tertiary/aromatic N) is 1. The van der Waals surface area contributed by atoms with E-state index in [9.17, 15) is 4.79 Å². The fourth-order valence-electron chi connectivity index (χ4n) is 2.29. The van der Waals surface area contributed by atoms with Gasteiger partial charge in [0.15, 0.2) is 5.76 Å². The van der Waals surface area contributed by atoms with Gasteiger partial charge in [-0.05, 0) is 24.1 Å². The molecule has 1 N–H and O–H groups in total. The Hall–Kier alpha value is -2.60. The van der Waals surface area contributed by atoms with Crippen molar-refractivity contribution in [3.63, 3.8) is 0 Å². The molecule has 0 atom stereocenters. The molecule has 3 rings (SSSR count). The second-order valence-electron chi connectivity index (χ2n) is 5.58. The van der Waals surface area contributed by atoms with E-state index in [4.69, 9.17) is 9.15 Å². The summed E-state index contributed by atoms with van der Waals surface area (Å²) >= 11 is 1.52. The largest absolute Gasteiger partial charge is 0.485 e.